The number of hydrogen-bond acceptors (Lipinski definition) is 8. The van der Waals surface area contributed by atoms with E-state index >= 15 is 0 Å². The summed E-state index contributed by atoms with van der Waals surface area (Å²) in [6, 6.07) is -2.30. The van der Waals surface area contributed by atoms with Crippen LogP contribution in [0.4, 0.5) is 4.79 Å². The van der Waals surface area contributed by atoms with Gasteiger partial charge in [0.1, 0.15) is 17.4 Å². The Morgan fingerprint density at radius 1 is 1.14 bits per heavy atom. The average molecular weight is 507 g/mol. The van der Waals surface area contributed by atoms with Crippen LogP contribution in [-0.2, 0) is 23.9 Å². The molecule has 2 aliphatic carbocycles. The first-order valence-electron chi connectivity index (χ1n) is 12.4. The minimum atomic E-state index is -0.901. The number of nitrogens with one attached hydrogen (secondary N) is 3. The van der Waals surface area contributed by atoms with E-state index in [9.17, 15) is 24.3 Å². The summed E-state index contributed by atoms with van der Waals surface area (Å²) in [5.74, 6) is -1.77. The van der Waals surface area contributed by atoms with E-state index in [1.54, 1.807) is 27.7 Å². The summed E-state index contributed by atoms with van der Waals surface area (Å²) < 4.78 is 10.9. The molecule has 3 aliphatic rings. The van der Waals surface area contributed by atoms with Gasteiger partial charge in [0.05, 0.1) is 25.4 Å². The summed E-state index contributed by atoms with van der Waals surface area (Å²) in [5, 5.41) is 17.8. The van der Waals surface area contributed by atoms with Crippen molar-refractivity contribution in [3.8, 4) is 0 Å². The van der Waals surface area contributed by atoms with Crippen LogP contribution in [0.3, 0.4) is 0 Å². The van der Waals surface area contributed by atoms with Crippen molar-refractivity contribution in [2.75, 3.05) is 19.9 Å². The lowest BCUT2D eigenvalue weighted by Gasteiger charge is -2.29. The molecule has 1 saturated heterocycles. The largest absolute Gasteiger partial charge is 0.511 e. The van der Waals surface area contributed by atoms with E-state index in [1.807, 2.05) is 17.1 Å². The second-order valence-corrected chi connectivity index (χ2v) is 10.6. The molecule has 2 fully saturated rings. The molecule has 1 aliphatic heterocycles. The number of Topliss-reactive ketones (excluding diaryl/α,β-unsaturated/α-hetero) is 1. The van der Waals surface area contributed by atoms with Gasteiger partial charge in [0.25, 0.3) is 5.91 Å². The molecule has 11 heteroatoms. The Balaban J connectivity index is 1.55. The Labute approximate surface area is 211 Å². The number of ether oxygens (including phenoxy) is 2. The highest BCUT2D eigenvalue weighted by molar-refractivity contribution is 6.38. The first kappa shape index (κ1) is 27.7. The van der Waals surface area contributed by atoms with Crippen LogP contribution in [-0.4, -0.2) is 83.3 Å². The molecule has 0 unspecified atom stereocenters. The van der Waals surface area contributed by atoms with Crippen LogP contribution in [0.5, 0.6) is 0 Å². The number of ketones is 1. The number of nitrogens with zero attached hydrogens (tertiary/aromatic N) is 1. The molecule has 3 amide bonds. The fraction of sp³-hybridized carbons (Fsp3) is 0.680. The lowest BCUT2D eigenvalue weighted by Crippen LogP contribution is -2.54. The van der Waals surface area contributed by atoms with Crippen molar-refractivity contribution in [3.05, 3.63) is 24.5 Å². The number of fused-ring (bicyclic) bond motifs is 1. The van der Waals surface area contributed by atoms with E-state index in [2.05, 4.69) is 22.5 Å². The molecule has 0 aromatic rings. The minimum Gasteiger partial charge on any atom is -0.511 e. The normalized spacial score (nSPS) is 24.6. The number of carbonyl (C=O) groups excluding carboxylic acids is 4. The number of rotatable bonds is 12. The maximum atomic E-state index is 13.2. The molecule has 0 aromatic heterocycles. The highest BCUT2D eigenvalue weighted by Gasteiger charge is 2.47. The van der Waals surface area contributed by atoms with Crippen molar-refractivity contribution >= 4 is 23.7 Å². The van der Waals surface area contributed by atoms with E-state index in [1.165, 1.54) is 0 Å². The molecule has 1 heterocycles. The van der Waals surface area contributed by atoms with E-state index in [4.69, 9.17) is 9.47 Å². The predicted molar refractivity (Wildman–Crippen MR) is 131 cm³/mol. The second kappa shape index (κ2) is 11.4. The van der Waals surface area contributed by atoms with Crippen molar-refractivity contribution in [3.63, 3.8) is 0 Å². The van der Waals surface area contributed by atoms with Crippen LogP contribution in [0.15, 0.2) is 24.5 Å². The van der Waals surface area contributed by atoms with E-state index in [-0.39, 0.29) is 42.9 Å². The summed E-state index contributed by atoms with van der Waals surface area (Å²) in [7, 11) is 0. The maximum absolute atomic E-state index is 13.2. The van der Waals surface area contributed by atoms with E-state index in [0.717, 1.165) is 12.8 Å². The Morgan fingerprint density at radius 2 is 1.83 bits per heavy atom. The molecule has 0 spiro atoms. The molecule has 200 valence electrons. The number of aliphatic hydroxyl groups excluding tert-OH is 1. The number of likely N-dealkylation sites (tertiary alicyclic amines) is 1. The molecule has 5 atom stereocenters. The van der Waals surface area contributed by atoms with Gasteiger partial charge in [0.15, 0.2) is 0 Å². The minimum absolute atomic E-state index is 0.0232. The monoisotopic (exact) mass is 506 g/mol. The van der Waals surface area contributed by atoms with Crippen molar-refractivity contribution in [1.29, 1.82) is 0 Å². The molecule has 36 heavy (non-hydrogen) atoms. The van der Waals surface area contributed by atoms with Crippen LogP contribution >= 0.6 is 0 Å². The highest BCUT2D eigenvalue weighted by Crippen LogP contribution is 2.38. The summed E-state index contributed by atoms with van der Waals surface area (Å²) in [6.07, 6.45) is 5.30. The Kier molecular flexibility index (Phi) is 8.78. The van der Waals surface area contributed by atoms with Crippen molar-refractivity contribution < 1.29 is 33.8 Å². The third-order valence-corrected chi connectivity index (χ3v) is 6.36. The fourth-order valence-corrected chi connectivity index (χ4v) is 4.23. The number of carbonyl (C=O) groups is 4. The average Bonchev–Trinajstić information content (AvgIpc) is 3.54. The highest BCUT2D eigenvalue weighted by atomic mass is 16.6. The topological polar surface area (TPSA) is 146 Å². The van der Waals surface area contributed by atoms with E-state index in [0.29, 0.717) is 13.0 Å². The standard InChI is InChI=1S/C25H38N4O7/c1-6-18(21(31)23(33)26-16-8-9-16)27-22(32)20-17-10-7-15(17)11-29(20)13-35-12-19(14(2)30)28-24(34)36-25(3,4)5/h7,10,15-20,30H,2,6,8-9,11-13H2,1,3-5H3,(H,26,33)(H,27,32)(H,28,34)/t15-,17-,18-,19+,20-/m0/s1. The first-order chi connectivity index (χ1) is 16.9. The van der Waals surface area contributed by atoms with Crippen LogP contribution in [0.2, 0.25) is 0 Å². The predicted octanol–water partition coefficient (Wildman–Crippen LogP) is 1.15. The molecule has 1 saturated carbocycles. The van der Waals surface area contributed by atoms with Gasteiger partial charge in [-0.3, -0.25) is 19.3 Å². The number of amides is 3. The smallest absolute Gasteiger partial charge is 0.408 e. The molecular weight excluding hydrogens is 468 g/mol. The number of aliphatic hydroxyl groups is 1. The van der Waals surface area contributed by atoms with Gasteiger partial charge in [-0.15, -0.1) is 0 Å². The molecule has 0 radical (unpaired) electrons. The van der Waals surface area contributed by atoms with E-state index < -0.39 is 41.5 Å². The third-order valence-electron chi connectivity index (χ3n) is 6.36. The Hall–Kier alpha value is -2.92. The van der Waals surface area contributed by atoms with Crippen LogP contribution < -0.4 is 16.0 Å². The van der Waals surface area contributed by atoms with Gasteiger partial charge in [-0.1, -0.05) is 25.7 Å². The van der Waals surface area contributed by atoms with Crippen LogP contribution in [0.25, 0.3) is 0 Å². The molecule has 11 nitrogen and oxygen atoms in total. The first-order valence-corrected chi connectivity index (χ1v) is 12.4. The molecule has 0 aromatic carbocycles. The molecular formula is C25H38N4O7. The van der Waals surface area contributed by atoms with Gasteiger partial charge in [-0.25, -0.2) is 4.79 Å². The fourth-order valence-electron chi connectivity index (χ4n) is 4.23. The lowest BCUT2D eigenvalue weighted by atomic mass is 9.81. The van der Waals surface area contributed by atoms with Crippen LogP contribution in [0.1, 0.15) is 47.0 Å². The third kappa shape index (κ3) is 7.30. The Morgan fingerprint density at radius 3 is 2.36 bits per heavy atom. The van der Waals surface area contributed by atoms with Crippen molar-refractivity contribution in [1.82, 2.24) is 20.9 Å². The molecule has 0 bridgehead atoms. The van der Waals surface area contributed by atoms with Crippen molar-refractivity contribution in [2.24, 2.45) is 11.8 Å². The zero-order chi connectivity index (χ0) is 26.6. The van der Waals surface area contributed by atoms with Gasteiger partial charge in [-0.2, -0.15) is 0 Å². The molecule has 4 N–H and O–H groups in total. The maximum Gasteiger partial charge on any atom is 0.408 e. The second-order valence-electron chi connectivity index (χ2n) is 10.6. The van der Waals surface area contributed by atoms with Crippen LogP contribution in [0, 0.1) is 11.8 Å². The zero-order valence-electron chi connectivity index (χ0n) is 21.4. The summed E-state index contributed by atoms with van der Waals surface area (Å²) in [5.41, 5.74) is -0.703. The van der Waals surface area contributed by atoms with Gasteiger partial charge < -0.3 is 30.5 Å². The number of alkyl carbamates (subject to hydrolysis) is 1. The van der Waals surface area contributed by atoms with Gasteiger partial charge in [-0.05, 0) is 46.0 Å². The summed E-state index contributed by atoms with van der Waals surface area (Å²) >= 11 is 0. The Bertz CT molecular complexity index is 909. The summed E-state index contributed by atoms with van der Waals surface area (Å²) in [4.78, 5) is 51.8. The molecule has 3 rings (SSSR count). The zero-order valence-corrected chi connectivity index (χ0v) is 21.4. The van der Waals surface area contributed by atoms with Gasteiger partial charge in [0, 0.05) is 18.5 Å². The quantitative estimate of drug-likeness (QED) is 0.175. The number of hydrogen-bond donors (Lipinski definition) is 4. The lowest BCUT2D eigenvalue weighted by molar-refractivity contribution is -0.141. The van der Waals surface area contributed by atoms with Gasteiger partial charge in [0.2, 0.25) is 11.7 Å². The summed E-state index contributed by atoms with van der Waals surface area (Å²) in [6.45, 7) is 11.0. The van der Waals surface area contributed by atoms with Crippen molar-refractivity contribution in [2.45, 2.75) is 76.7 Å². The SMILES string of the molecule is C=C(O)[C@@H](COCN1C[C@@H]2C=C[C@@H]2[C@H]1C(=O)N[C@@H](CC)C(=O)C(=O)NC1CC1)NC(=O)OC(C)(C)C. The van der Waals surface area contributed by atoms with Gasteiger partial charge >= 0.3 is 6.09 Å².